The fourth-order valence-electron chi connectivity index (χ4n) is 1.14. The summed E-state index contributed by atoms with van der Waals surface area (Å²) in [7, 11) is 0. The Bertz CT molecular complexity index is 148. The van der Waals surface area contributed by atoms with Crippen molar-refractivity contribution in [3.05, 3.63) is 0 Å². The summed E-state index contributed by atoms with van der Waals surface area (Å²) in [5, 5.41) is 2.76. The molecule has 1 heterocycles. The highest BCUT2D eigenvalue weighted by atomic mass is 127. The van der Waals surface area contributed by atoms with Crippen LogP contribution in [0.4, 0.5) is 4.79 Å². The molecule has 0 atom stereocenters. The summed E-state index contributed by atoms with van der Waals surface area (Å²) in [4.78, 5) is 12.8. The Morgan fingerprint density at radius 1 is 1.50 bits per heavy atom. The van der Waals surface area contributed by atoms with Crippen molar-refractivity contribution >= 4 is 26.5 Å². The van der Waals surface area contributed by atoms with Crippen molar-refractivity contribution in [2.45, 2.75) is 0 Å². The molecular weight excluding hydrogens is 271 g/mol. The first-order valence-electron chi connectivity index (χ1n) is 4.02. The molecule has 1 fully saturated rings. The zero-order chi connectivity index (χ0) is 8.81. The van der Waals surface area contributed by atoms with Gasteiger partial charge in [0.25, 0.3) is 3.91 Å². The molecule has 12 heavy (non-hydrogen) atoms. The van der Waals surface area contributed by atoms with E-state index in [1.54, 1.807) is 22.6 Å². The van der Waals surface area contributed by atoms with Gasteiger partial charge in [-0.25, -0.2) is 0 Å². The van der Waals surface area contributed by atoms with Crippen LogP contribution in [0.2, 0.25) is 0 Å². The predicted octanol–water partition coefficient (Wildman–Crippen LogP) is 0.463. The second kappa shape index (κ2) is 5.71. The Kier molecular flexibility index (Phi) is 4.86. The zero-order valence-electron chi connectivity index (χ0n) is 6.88. The van der Waals surface area contributed by atoms with Crippen LogP contribution in [0, 0.1) is 0 Å². The third-order valence-electron chi connectivity index (χ3n) is 1.80. The van der Waals surface area contributed by atoms with Gasteiger partial charge in [0.1, 0.15) is 0 Å². The third-order valence-corrected chi connectivity index (χ3v) is 2.18. The van der Waals surface area contributed by atoms with Crippen LogP contribution in [0.5, 0.6) is 0 Å². The molecule has 1 rings (SSSR count). The molecule has 1 N–H and O–H groups in total. The normalized spacial score (nSPS) is 19.1. The van der Waals surface area contributed by atoms with E-state index in [2.05, 4.69) is 10.2 Å². The third kappa shape index (κ3) is 4.22. The number of morpholine rings is 1. The average molecular weight is 284 g/mol. The number of hydrogen-bond donors (Lipinski definition) is 1. The highest BCUT2D eigenvalue weighted by Gasteiger charge is 2.09. The van der Waals surface area contributed by atoms with Gasteiger partial charge in [-0.05, 0) is 0 Å². The summed E-state index contributed by atoms with van der Waals surface area (Å²) in [5.74, 6) is 0. The molecule has 0 aromatic heterocycles. The van der Waals surface area contributed by atoms with Crippen molar-refractivity contribution < 1.29 is 9.53 Å². The average Bonchev–Trinajstić information content (AvgIpc) is 2.05. The van der Waals surface area contributed by atoms with E-state index in [1.807, 2.05) is 0 Å². The van der Waals surface area contributed by atoms with Gasteiger partial charge in [0.15, 0.2) is 0 Å². The largest absolute Gasteiger partial charge is 0.379 e. The molecule has 0 aromatic rings. The summed E-state index contributed by atoms with van der Waals surface area (Å²) >= 11 is 1.74. The maximum absolute atomic E-state index is 10.5. The van der Waals surface area contributed by atoms with Crippen LogP contribution in [0.25, 0.3) is 0 Å². The number of carbonyl (C=O) groups is 1. The van der Waals surface area contributed by atoms with Crippen LogP contribution in [0.3, 0.4) is 0 Å². The second-order valence-electron chi connectivity index (χ2n) is 2.65. The molecule has 0 unspecified atom stereocenters. The van der Waals surface area contributed by atoms with Gasteiger partial charge in [-0.2, -0.15) is 0 Å². The molecule has 70 valence electrons. The summed E-state index contributed by atoms with van der Waals surface area (Å²) in [6.45, 7) is 5.27. The fraction of sp³-hybridized carbons (Fsp3) is 0.857. The Morgan fingerprint density at radius 2 is 2.17 bits per heavy atom. The van der Waals surface area contributed by atoms with Crippen molar-refractivity contribution in [1.29, 1.82) is 0 Å². The Morgan fingerprint density at radius 3 is 2.75 bits per heavy atom. The summed E-state index contributed by atoms with van der Waals surface area (Å²) in [5.41, 5.74) is 0. The maximum atomic E-state index is 10.5. The molecule has 0 saturated carbocycles. The Hall–Kier alpha value is 0.120. The van der Waals surface area contributed by atoms with Gasteiger partial charge < -0.3 is 10.1 Å². The van der Waals surface area contributed by atoms with Crippen LogP contribution in [0.15, 0.2) is 0 Å². The van der Waals surface area contributed by atoms with Crippen molar-refractivity contribution in [3.63, 3.8) is 0 Å². The molecule has 0 bridgehead atoms. The number of nitrogens with one attached hydrogen (secondary N) is 1. The van der Waals surface area contributed by atoms with Crippen molar-refractivity contribution in [2.75, 3.05) is 39.4 Å². The van der Waals surface area contributed by atoms with Crippen LogP contribution in [0.1, 0.15) is 0 Å². The van der Waals surface area contributed by atoms with E-state index in [0.29, 0.717) is 0 Å². The zero-order valence-corrected chi connectivity index (χ0v) is 9.04. The first-order chi connectivity index (χ1) is 5.79. The first-order valence-corrected chi connectivity index (χ1v) is 5.10. The van der Waals surface area contributed by atoms with Crippen molar-refractivity contribution in [3.8, 4) is 0 Å². The van der Waals surface area contributed by atoms with E-state index in [1.165, 1.54) is 0 Å². The van der Waals surface area contributed by atoms with Gasteiger partial charge in [0.05, 0.1) is 13.2 Å². The summed E-state index contributed by atoms with van der Waals surface area (Å²) in [6.07, 6.45) is 0. The minimum Gasteiger partial charge on any atom is -0.379 e. The van der Waals surface area contributed by atoms with E-state index in [9.17, 15) is 4.79 Å². The van der Waals surface area contributed by atoms with Crippen LogP contribution < -0.4 is 5.32 Å². The number of rotatable bonds is 3. The van der Waals surface area contributed by atoms with E-state index in [-0.39, 0.29) is 3.91 Å². The van der Waals surface area contributed by atoms with Crippen LogP contribution in [-0.2, 0) is 4.74 Å². The topological polar surface area (TPSA) is 41.6 Å². The monoisotopic (exact) mass is 284 g/mol. The van der Waals surface area contributed by atoms with Gasteiger partial charge >= 0.3 is 0 Å². The molecule has 5 heteroatoms. The van der Waals surface area contributed by atoms with Crippen molar-refractivity contribution in [1.82, 2.24) is 10.2 Å². The Balaban J connectivity index is 2.01. The number of nitrogens with zero attached hydrogens (tertiary/aromatic N) is 1. The molecule has 1 aliphatic rings. The van der Waals surface area contributed by atoms with Gasteiger partial charge in [-0.15, -0.1) is 0 Å². The van der Waals surface area contributed by atoms with Crippen LogP contribution >= 0.6 is 22.6 Å². The lowest BCUT2D eigenvalue weighted by molar-refractivity contribution is 0.0388. The van der Waals surface area contributed by atoms with Gasteiger partial charge in [-0.1, -0.05) is 0 Å². The first kappa shape index (κ1) is 10.2. The number of hydrogen-bond acceptors (Lipinski definition) is 3. The molecule has 0 aliphatic carbocycles. The highest BCUT2D eigenvalue weighted by molar-refractivity contribution is 14.1. The van der Waals surface area contributed by atoms with E-state index < -0.39 is 0 Å². The number of ether oxygens (including phenoxy) is 1. The van der Waals surface area contributed by atoms with E-state index >= 15 is 0 Å². The SMILES string of the molecule is O=C(I)NCCN1CCOCC1. The maximum Gasteiger partial charge on any atom is 0.280 e. The smallest absolute Gasteiger partial charge is 0.280 e. The molecule has 0 aromatic carbocycles. The number of halogens is 1. The predicted molar refractivity (Wildman–Crippen MR) is 54.7 cm³/mol. The lowest BCUT2D eigenvalue weighted by Gasteiger charge is -2.26. The van der Waals surface area contributed by atoms with Gasteiger partial charge in [-0.3, -0.25) is 9.69 Å². The molecule has 1 amide bonds. The quantitative estimate of drug-likeness (QED) is 0.465. The number of carbonyl (C=O) groups excluding carboxylic acids is 1. The van der Waals surface area contributed by atoms with Gasteiger partial charge in [0, 0.05) is 48.8 Å². The van der Waals surface area contributed by atoms with Crippen molar-refractivity contribution in [2.24, 2.45) is 0 Å². The lowest BCUT2D eigenvalue weighted by atomic mass is 10.4. The number of amides is 1. The molecule has 1 saturated heterocycles. The standard InChI is InChI=1S/C7H13IN2O2/c8-7(11)9-1-2-10-3-5-12-6-4-10/h1-6H2,(H,9,11). The molecule has 0 radical (unpaired) electrons. The molecule has 0 spiro atoms. The molecular formula is C7H13IN2O2. The second-order valence-corrected chi connectivity index (χ2v) is 3.63. The summed E-state index contributed by atoms with van der Waals surface area (Å²) in [6, 6.07) is 0. The molecule has 4 nitrogen and oxygen atoms in total. The minimum atomic E-state index is 0.0147. The summed E-state index contributed by atoms with van der Waals surface area (Å²) < 4.78 is 5.21. The Labute approximate surface area is 85.8 Å². The van der Waals surface area contributed by atoms with E-state index in [0.717, 1.165) is 39.4 Å². The lowest BCUT2D eigenvalue weighted by Crippen LogP contribution is -2.40. The highest BCUT2D eigenvalue weighted by Crippen LogP contribution is 1.94. The van der Waals surface area contributed by atoms with E-state index in [4.69, 9.17) is 4.74 Å². The molecule has 1 aliphatic heterocycles. The fourth-order valence-corrected chi connectivity index (χ4v) is 1.41. The van der Waals surface area contributed by atoms with Crippen LogP contribution in [-0.4, -0.2) is 48.2 Å². The minimum absolute atomic E-state index is 0.0147. The van der Waals surface area contributed by atoms with Gasteiger partial charge in [0.2, 0.25) is 0 Å².